The predicted octanol–water partition coefficient (Wildman–Crippen LogP) is 3.11. The molecule has 2 unspecified atom stereocenters. The molecule has 1 aromatic carbocycles. The van der Waals surface area contributed by atoms with Crippen molar-refractivity contribution in [3.8, 4) is 0 Å². The van der Waals surface area contributed by atoms with Crippen LogP contribution in [0.15, 0.2) is 36.5 Å². The standard InChI is InChI=1S/C28H38N6O3/c1-17(2)30-11-4-12-31-25-13-19(5-9-24(25)27(29)36)28(37)33-21-14-22-7-8-23(15-21)34(22)26-10-6-20(16-32-26)18(3)35/h5-6,9-10,13,16-17,21-23,30-31H,4,7-8,11-12,14-15H2,1-3H3,(H2,29,36)(H,33,37). The molecule has 2 aromatic rings. The lowest BCUT2D eigenvalue weighted by Gasteiger charge is -2.40. The molecule has 198 valence electrons. The Morgan fingerprint density at radius 3 is 2.35 bits per heavy atom. The summed E-state index contributed by atoms with van der Waals surface area (Å²) in [4.78, 5) is 43.6. The first-order valence-corrected chi connectivity index (χ1v) is 13.2. The molecule has 9 heteroatoms. The zero-order valence-corrected chi connectivity index (χ0v) is 21.9. The maximum Gasteiger partial charge on any atom is 0.251 e. The highest BCUT2D eigenvalue weighted by molar-refractivity contribution is 6.02. The summed E-state index contributed by atoms with van der Waals surface area (Å²) >= 11 is 0. The molecule has 2 atom stereocenters. The van der Waals surface area contributed by atoms with Gasteiger partial charge >= 0.3 is 0 Å². The first kappa shape index (κ1) is 26.6. The van der Waals surface area contributed by atoms with Crippen molar-refractivity contribution in [1.29, 1.82) is 0 Å². The molecular weight excluding hydrogens is 468 g/mol. The topological polar surface area (TPSA) is 129 Å². The van der Waals surface area contributed by atoms with Crippen molar-refractivity contribution in [3.63, 3.8) is 0 Å². The molecule has 2 fully saturated rings. The zero-order chi connectivity index (χ0) is 26.5. The van der Waals surface area contributed by atoms with Crippen LogP contribution in [0.4, 0.5) is 11.5 Å². The van der Waals surface area contributed by atoms with Crippen LogP contribution in [0.2, 0.25) is 0 Å². The quantitative estimate of drug-likeness (QED) is 0.272. The molecule has 9 nitrogen and oxygen atoms in total. The minimum Gasteiger partial charge on any atom is -0.384 e. The van der Waals surface area contributed by atoms with Crippen molar-refractivity contribution >= 4 is 29.1 Å². The van der Waals surface area contributed by atoms with Crippen LogP contribution in [0.25, 0.3) is 0 Å². The van der Waals surface area contributed by atoms with E-state index in [-0.39, 0.29) is 17.7 Å². The van der Waals surface area contributed by atoms with Gasteiger partial charge < -0.3 is 26.6 Å². The van der Waals surface area contributed by atoms with Gasteiger partial charge in [-0.1, -0.05) is 13.8 Å². The Labute approximate surface area is 218 Å². The number of carbonyl (C=O) groups excluding carboxylic acids is 3. The fraction of sp³-hybridized carbons (Fsp3) is 0.500. The zero-order valence-electron chi connectivity index (χ0n) is 21.9. The number of benzene rings is 1. The minimum atomic E-state index is -0.524. The fourth-order valence-corrected chi connectivity index (χ4v) is 5.43. The van der Waals surface area contributed by atoms with E-state index in [4.69, 9.17) is 5.73 Å². The molecular formula is C28H38N6O3. The number of fused-ring (bicyclic) bond motifs is 2. The number of amides is 2. The highest BCUT2D eigenvalue weighted by Crippen LogP contribution is 2.38. The van der Waals surface area contributed by atoms with E-state index >= 15 is 0 Å². The minimum absolute atomic E-state index is 0.00814. The number of primary amides is 1. The molecule has 2 bridgehead atoms. The monoisotopic (exact) mass is 506 g/mol. The summed E-state index contributed by atoms with van der Waals surface area (Å²) in [5.41, 5.74) is 7.64. The molecule has 0 radical (unpaired) electrons. The van der Waals surface area contributed by atoms with Crippen LogP contribution in [0.3, 0.4) is 0 Å². The normalized spacial score (nSPS) is 20.6. The van der Waals surface area contributed by atoms with Crippen LogP contribution in [-0.4, -0.2) is 59.8 Å². The van der Waals surface area contributed by atoms with Crippen molar-refractivity contribution in [2.45, 2.75) is 77.0 Å². The smallest absolute Gasteiger partial charge is 0.251 e. The molecule has 2 saturated heterocycles. The lowest BCUT2D eigenvalue weighted by atomic mass is 9.96. The SMILES string of the molecule is CC(=O)c1ccc(N2C3CCC2CC(NC(=O)c2ccc(C(N)=O)c(NCCCNC(C)C)c2)C3)nc1. The average molecular weight is 507 g/mol. The molecule has 37 heavy (non-hydrogen) atoms. The van der Waals surface area contributed by atoms with Crippen LogP contribution in [0, 0.1) is 0 Å². The van der Waals surface area contributed by atoms with Gasteiger partial charge in [0.1, 0.15) is 5.82 Å². The highest BCUT2D eigenvalue weighted by Gasteiger charge is 2.41. The molecule has 0 aliphatic carbocycles. The molecule has 0 spiro atoms. The van der Waals surface area contributed by atoms with Crippen LogP contribution < -0.4 is 26.6 Å². The lowest BCUT2D eigenvalue weighted by Crippen LogP contribution is -2.50. The number of pyridine rings is 1. The first-order chi connectivity index (χ1) is 17.7. The van der Waals surface area contributed by atoms with Crippen LogP contribution in [0.5, 0.6) is 0 Å². The van der Waals surface area contributed by atoms with Gasteiger partial charge in [-0.2, -0.15) is 0 Å². The van der Waals surface area contributed by atoms with E-state index in [2.05, 4.69) is 39.7 Å². The van der Waals surface area contributed by atoms with Crippen molar-refractivity contribution in [3.05, 3.63) is 53.2 Å². The number of rotatable bonds is 11. The van der Waals surface area contributed by atoms with Gasteiger partial charge in [-0.3, -0.25) is 14.4 Å². The Bertz CT molecular complexity index is 1120. The number of aromatic nitrogens is 1. The lowest BCUT2D eigenvalue weighted by molar-refractivity contribution is 0.0924. The molecule has 0 saturated carbocycles. The van der Waals surface area contributed by atoms with E-state index in [1.54, 1.807) is 31.3 Å². The maximum atomic E-state index is 13.2. The van der Waals surface area contributed by atoms with Gasteiger partial charge in [0.15, 0.2) is 5.78 Å². The van der Waals surface area contributed by atoms with Gasteiger partial charge in [-0.15, -0.1) is 0 Å². The Morgan fingerprint density at radius 2 is 1.76 bits per heavy atom. The third-order valence-electron chi connectivity index (χ3n) is 7.26. The summed E-state index contributed by atoms with van der Waals surface area (Å²) < 4.78 is 0. The van der Waals surface area contributed by atoms with E-state index < -0.39 is 5.91 Å². The molecule has 3 heterocycles. The van der Waals surface area contributed by atoms with E-state index in [0.29, 0.717) is 47.0 Å². The van der Waals surface area contributed by atoms with Gasteiger partial charge in [-0.25, -0.2) is 4.98 Å². The summed E-state index contributed by atoms with van der Waals surface area (Å²) in [6.07, 6.45) is 6.31. The molecule has 5 N–H and O–H groups in total. The van der Waals surface area contributed by atoms with Gasteiger partial charge in [0, 0.05) is 53.7 Å². The summed E-state index contributed by atoms with van der Waals surface area (Å²) in [5.74, 6) is 0.225. The van der Waals surface area contributed by atoms with Crippen LogP contribution >= 0.6 is 0 Å². The number of carbonyl (C=O) groups is 3. The molecule has 4 rings (SSSR count). The molecule has 1 aromatic heterocycles. The maximum absolute atomic E-state index is 13.2. The van der Waals surface area contributed by atoms with E-state index in [1.165, 1.54) is 0 Å². The van der Waals surface area contributed by atoms with Crippen LogP contribution in [0.1, 0.15) is 83.9 Å². The Kier molecular flexibility index (Phi) is 8.43. The van der Waals surface area contributed by atoms with Crippen LogP contribution in [-0.2, 0) is 0 Å². The van der Waals surface area contributed by atoms with Crippen molar-refractivity contribution in [1.82, 2.24) is 15.6 Å². The number of ketones is 1. The number of hydrogen-bond donors (Lipinski definition) is 4. The predicted molar refractivity (Wildman–Crippen MR) is 145 cm³/mol. The number of Topliss-reactive ketones (excluding diaryl/α,β-unsaturated/α-hetero) is 1. The third-order valence-corrected chi connectivity index (χ3v) is 7.26. The van der Waals surface area contributed by atoms with Crippen molar-refractivity contribution < 1.29 is 14.4 Å². The van der Waals surface area contributed by atoms with E-state index in [9.17, 15) is 14.4 Å². The third kappa shape index (κ3) is 6.46. The van der Waals surface area contributed by atoms with Gasteiger partial charge in [0.25, 0.3) is 11.8 Å². The van der Waals surface area contributed by atoms with E-state index in [1.807, 2.05) is 12.1 Å². The largest absolute Gasteiger partial charge is 0.384 e. The second-order valence-electron chi connectivity index (χ2n) is 10.4. The number of nitrogens with one attached hydrogen (secondary N) is 3. The van der Waals surface area contributed by atoms with Gasteiger partial charge in [0.2, 0.25) is 0 Å². The number of nitrogens with zero attached hydrogens (tertiary/aromatic N) is 2. The Hall–Kier alpha value is -3.46. The summed E-state index contributed by atoms with van der Waals surface area (Å²) in [6, 6.07) is 9.83. The number of nitrogens with two attached hydrogens (primary N) is 1. The number of anilines is 2. The Morgan fingerprint density at radius 1 is 1.05 bits per heavy atom. The van der Waals surface area contributed by atoms with Crippen molar-refractivity contribution in [2.24, 2.45) is 5.73 Å². The van der Waals surface area contributed by atoms with Gasteiger partial charge in [-0.05, 0) is 75.9 Å². The first-order valence-electron chi connectivity index (χ1n) is 13.2. The van der Waals surface area contributed by atoms with Crippen molar-refractivity contribution in [2.75, 3.05) is 23.3 Å². The fourth-order valence-electron chi connectivity index (χ4n) is 5.43. The summed E-state index contributed by atoms with van der Waals surface area (Å²) in [5, 5.41) is 9.84. The average Bonchev–Trinajstić information content (AvgIpc) is 3.13. The highest BCUT2D eigenvalue weighted by atomic mass is 16.2. The summed E-state index contributed by atoms with van der Waals surface area (Å²) in [6.45, 7) is 7.25. The number of hydrogen-bond acceptors (Lipinski definition) is 7. The molecule has 2 amide bonds. The molecule has 2 aliphatic heterocycles. The number of piperidine rings is 1. The van der Waals surface area contributed by atoms with E-state index in [0.717, 1.165) is 44.5 Å². The Balaban J connectivity index is 1.38. The second kappa shape index (κ2) is 11.7. The second-order valence-corrected chi connectivity index (χ2v) is 10.4. The summed E-state index contributed by atoms with van der Waals surface area (Å²) in [7, 11) is 0. The van der Waals surface area contributed by atoms with Gasteiger partial charge in [0.05, 0.1) is 5.56 Å². The molecule has 2 aliphatic rings.